The predicted octanol–water partition coefficient (Wildman–Crippen LogP) is 4.44. The Morgan fingerprint density at radius 3 is 2.32 bits per heavy atom. The van der Waals surface area contributed by atoms with Gasteiger partial charge in [-0.05, 0) is 55.4 Å². The summed E-state index contributed by atoms with van der Waals surface area (Å²) in [6.07, 6.45) is -3.22. The molecule has 1 aliphatic heterocycles. The maximum atomic E-state index is 13.2. The number of anilines is 1. The molecule has 5 nitrogen and oxygen atoms in total. The van der Waals surface area contributed by atoms with Crippen LogP contribution in [0.15, 0.2) is 59.5 Å². The highest BCUT2D eigenvalue weighted by Gasteiger charge is 2.54. The molecule has 9 heteroatoms. The molecule has 1 aliphatic carbocycles. The van der Waals surface area contributed by atoms with Crippen LogP contribution >= 0.6 is 0 Å². The first-order valence-corrected chi connectivity index (χ1v) is 13.5. The molecule has 1 heterocycles. The third-order valence-electron chi connectivity index (χ3n) is 7.24. The van der Waals surface area contributed by atoms with E-state index in [9.17, 15) is 26.7 Å². The highest BCUT2D eigenvalue weighted by atomic mass is 32.2. The van der Waals surface area contributed by atoms with Crippen molar-refractivity contribution in [1.82, 2.24) is 4.90 Å². The molecule has 2 aliphatic rings. The first-order valence-electron chi connectivity index (χ1n) is 11.6. The number of hydrogen-bond donors (Lipinski definition) is 1. The number of hydrogen-bond acceptors (Lipinski definition) is 5. The molecule has 0 amide bonds. The van der Waals surface area contributed by atoms with Crippen molar-refractivity contribution in [1.29, 1.82) is 0 Å². The molecular formula is C25H31F3N2O3S. The van der Waals surface area contributed by atoms with Crippen LogP contribution in [0.4, 0.5) is 18.9 Å². The van der Waals surface area contributed by atoms with E-state index in [0.29, 0.717) is 39.0 Å². The molecule has 0 radical (unpaired) electrons. The van der Waals surface area contributed by atoms with E-state index < -0.39 is 21.6 Å². The van der Waals surface area contributed by atoms with Gasteiger partial charge in [0.1, 0.15) is 0 Å². The lowest BCUT2D eigenvalue weighted by Gasteiger charge is -2.45. The Morgan fingerprint density at radius 1 is 1.03 bits per heavy atom. The van der Waals surface area contributed by atoms with Crippen molar-refractivity contribution in [3.8, 4) is 0 Å². The van der Waals surface area contributed by atoms with E-state index >= 15 is 0 Å². The summed E-state index contributed by atoms with van der Waals surface area (Å²) >= 11 is 0. The van der Waals surface area contributed by atoms with Crippen LogP contribution in [0.25, 0.3) is 0 Å². The molecule has 1 unspecified atom stereocenters. The summed E-state index contributed by atoms with van der Waals surface area (Å²) in [6, 6.07) is 17.0. The molecule has 0 spiro atoms. The van der Waals surface area contributed by atoms with Gasteiger partial charge in [0.2, 0.25) is 0 Å². The number of piperazine rings is 1. The first-order chi connectivity index (χ1) is 16.0. The van der Waals surface area contributed by atoms with Crippen LogP contribution in [-0.2, 0) is 9.84 Å². The van der Waals surface area contributed by atoms with Gasteiger partial charge in [0.25, 0.3) is 0 Å². The van der Waals surface area contributed by atoms with Gasteiger partial charge in [-0.25, -0.2) is 8.42 Å². The van der Waals surface area contributed by atoms with Crippen molar-refractivity contribution in [3.63, 3.8) is 0 Å². The molecule has 2 aromatic rings. The molecule has 1 atom stereocenters. The number of rotatable bonds is 5. The van der Waals surface area contributed by atoms with Gasteiger partial charge >= 0.3 is 6.18 Å². The van der Waals surface area contributed by atoms with Gasteiger partial charge in [0.15, 0.2) is 15.4 Å². The fourth-order valence-electron chi connectivity index (χ4n) is 5.13. The second-order valence-electron chi connectivity index (χ2n) is 9.61. The van der Waals surface area contributed by atoms with Crippen LogP contribution in [-0.4, -0.2) is 62.6 Å². The summed E-state index contributed by atoms with van der Waals surface area (Å²) in [5, 5.41) is 10.0. The molecule has 2 aromatic carbocycles. The average molecular weight is 497 g/mol. The van der Waals surface area contributed by atoms with Crippen LogP contribution in [0.2, 0.25) is 0 Å². The Bertz CT molecular complexity index is 1080. The van der Waals surface area contributed by atoms with E-state index in [1.165, 1.54) is 6.26 Å². The number of aliphatic hydroxyl groups is 1. The zero-order valence-electron chi connectivity index (χ0n) is 19.2. The fourth-order valence-corrected chi connectivity index (χ4v) is 5.79. The summed E-state index contributed by atoms with van der Waals surface area (Å²) < 4.78 is 63.6. The predicted molar refractivity (Wildman–Crippen MR) is 125 cm³/mol. The quantitative estimate of drug-likeness (QED) is 0.664. The minimum Gasteiger partial charge on any atom is -0.380 e. The highest BCUT2D eigenvalue weighted by molar-refractivity contribution is 7.90. The number of benzene rings is 2. The second-order valence-corrected chi connectivity index (χ2v) is 11.6. The van der Waals surface area contributed by atoms with Crippen molar-refractivity contribution < 1.29 is 26.7 Å². The molecule has 2 fully saturated rings. The number of alkyl halides is 3. The SMILES string of the molecule is CS(=O)(=O)c1cccc(N2CCN(CC3CCC(O)(C(F)(F)F)CC3)C(c3ccccc3)C2)c1. The van der Waals surface area contributed by atoms with Crippen LogP contribution in [0.1, 0.15) is 37.3 Å². The van der Waals surface area contributed by atoms with E-state index in [-0.39, 0.29) is 29.7 Å². The first kappa shape index (κ1) is 25.0. The van der Waals surface area contributed by atoms with Gasteiger partial charge < -0.3 is 10.0 Å². The molecule has 0 aromatic heterocycles. The van der Waals surface area contributed by atoms with Crippen molar-refractivity contribution in [2.75, 3.05) is 37.3 Å². The van der Waals surface area contributed by atoms with Crippen molar-refractivity contribution in [3.05, 3.63) is 60.2 Å². The van der Waals surface area contributed by atoms with Crippen molar-refractivity contribution in [2.24, 2.45) is 5.92 Å². The Kier molecular flexibility index (Phi) is 6.99. The minimum atomic E-state index is -4.59. The minimum absolute atomic E-state index is 0.0280. The van der Waals surface area contributed by atoms with E-state index in [0.717, 1.165) is 11.3 Å². The molecule has 1 saturated carbocycles. The molecule has 34 heavy (non-hydrogen) atoms. The van der Waals surface area contributed by atoms with Crippen molar-refractivity contribution in [2.45, 2.75) is 48.4 Å². The Labute approximate surface area is 199 Å². The molecule has 1 saturated heterocycles. The van der Waals surface area contributed by atoms with E-state index in [4.69, 9.17) is 0 Å². The zero-order valence-corrected chi connectivity index (χ0v) is 20.0. The molecule has 4 rings (SSSR count). The van der Waals surface area contributed by atoms with Gasteiger partial charge in [-0.15, -0.1) is 0 Å². The van der Waals surface area contributed by atoms with Gasteiger partial charge in [-0.1, -0.05) is 36.4 Å². The van der Waals surface area contributed by atoms with Gasteiger partial charge in [-0.3, -0.25) is 4.90 Å². The Morgan fingerprint density at radius 2 is 1.71 bits per heavy atom. The maximum Gasteiger partial charge on any atom is 0.417 e. The molecular weight excluding hydrogens is 465 g/mol. The number of halogens is 3. The molecule has 1 N–H and O–H groups in total. The summed E-state index contributed by atoms with van der Waals surface area (Å²) in [6.45, 7) is 2.72. The van der Waals surface area contributed by atoms with Crippen LogP contribution in [0.3, 0.4) is 0 Å². The summed E-state index contributed by atoms with van der Waals surface area (Å²) in [7, 11) is -3.32. The van der Waals surface area contributed by atoms with E-state index in [1.54, 1.807) is 18.2 Å². The van der Waals surface area contributed by atoms with Gasteiger partial charge in [0.05, 0.1) is 10.9 Å². The van der Waals surface area contributed by atoms with Crippen LogP contribution in [0, 0.1) is 5.92 Å². The smallest absolute Gasteiger partial charge is 0.380 e. The number of nitrogens with zero attached hydrogens (tertiary/aromatic N) is 2. The largest absolute Gasteiger partial charge is 0.417 e. The molecule has 186 valence electrons. The average Bonchev–Trinajstić information content (AvgIpc) is 2.80. The normalized spacial score (nSPS) is 27.0. The van der Waals surface area contributed by atoms with Gasteiger partial charge in [0, 0.05) is 38.1 Å². The number of sulfone groups is 1. The lowest BCUT2D eigenvalue weighted by Crippen LogP contribution is -2.52. The highest BCUT2D eigenvalue weighted by Crippen LogP contribution is 2.44. The Balaban J connectivity index is 1.50. The van der Waals surface area contributed by atoms with Crippen LogP contribution in [0.5, 0.6) is 0 Å². The molecule has 0 bridgehead atoms. The van der Waals surface area contributed by atoms with E-state index in [2.05, 4.69) is 21.9 Å². The lowest BCUT2D eigenvalue weighted by atomic mass is 9.78. The van der Waals surface area contributed by atoms with Gasteiger partial charge in [-0.2, -0.15) is 13.2 Å². The monoisotopic (exact) mass is 496 g/mol. The third kappa shape index (κ3) is 5.42. The summed E-state index contributed by atoms with van der Waals surface area (Å²) in [4.78, 5) is 4.78. The van der Waals surface area contributed by atoms with Crippen molar-refractivity contribution >= 4 is 15.5 Å². The van der Waals surface area contributed by atoms with E-state index in [1.807, 2.05) is 24.3 Å². The maximum absolute atomic E-state index is 13.2. The fraction of sp³-hybridized carbons (Fsp3) is 0.520. The third-order valence-corrected chi connectivity index (χ3v) is 8.35. The topological polar surface area (TPSA) is 60.9 Å². The zero-order chi connectivity index (χ0) is 24.6. The summed E-state index contributed by atoms with van der Waals surface area (Å²) in [5.74, 6) is 0.0916. The lowest BCUT2D eigenvalue weighted by molar-refractivity contribution is -0.272. The second kappa shape index (κ2) is 9.51. The standard InChI is InChI=1S/C25H31F3N2O3S/c1-34(32,33)22-9-5-8-21(16-22)29-14-15-30(23(18-29)20-6-3-2-4-7-20)17-19-10-12-24(31,13-11-19)25(26,27)28/h2-9,16,19,23,31H,10-15,17-18H2,1H3. The van der Waals surface area contributed by atoms with Crippen LogP contribution < -0.4 is 4.90 Å². The Hall–Kier alpha value is -2.10. The summed E-state index contributed by atoms with van der Waals surface area (Å²) in [5.41, 5.74) is -0.600.